The number of amidine groups is 1. The third-order valence-electron chi connectivity index (χ3n) is 5.53. The van der Waals surface area contributed by atoms with Crippen LogP contribution in [0.15, 0.2) is 17.1 Å². The number of hydrogen-bond donors (Lipinski definition) is 1. The summed E-state index contributed by atoms with van der Waals surface area (Å²) < 4.78 is 57.9. The van der Waals surface area contributed by atoms with E-state index in [0.717, 1.165) is 17.7 Å². The number of alkyl halides is 3. The maximum atomic E-state index is 14.1. The smallest absolute Gasteiger partial charge is 0.442 e. The van der Waals surface area contributed by atoms with Crippen LogP contribution in [0.25, 0.3) is 0 Å². The molecule has 1 unspecified atom stereocenters. The zero-order valence-corrected chi connectivity index (χ0v) is 17.6. The van der Waals surface area contributed by atoms with Crippen molar-refractivity contribution in [3.05, 3.63) is 17.7 Å². The summed E-state index contributed by atoms with van der Waals surface area (Å²) in [5, 5.41) is 1.83. The Labute approximate surface area is 177 Å². The Morgan fingerprint density at radius 2 is 1.68 bits per heavy atom. The fourth-order valence-electron chi connectivity index (χ4n) is 4.04. The van der Waals surface area contributed by atoms with Crippen molar-refractivity contribution in [2.75, 3.05) is 21.3 Å². The Balaban J connectivity index is 2.00. The van der Waals surface area contributed by atoms with Crippen LogP contribution < -0.4 is 19.5 Å². The van der Waals surface area contributed by atoms with Gasteiger partial charge in [0, 0.05) is 11.6 Å². The molecule has 11 heteroatoms. The highest BCUT2D eigenvalue weighted by Gasteiger charge is 2.67. The van der Waals surface area contributed by atoms with Crippen LogP contribution in [0.1, 0.15) is 43.0 Å². The normalized spacial score (nSPS) is 21.8. The molecule has 0 saturated heterocycles. The zero-order chi connectivity index (χ0) is 23.0. The number of rotatable bonds is 6. The van der Waals surface area contributed by atoms with E-state index in [9.17, 15) is 22.8 Å². The van der Waals surface area contributed by atoms with E-state index in [-0.39, 0.29) is 34.7 Å². The fourth-order valence-corrected chi connectivity index (χ4v) is 4.04. The number of ether oxygens (including phenoxy) is 3. The van der Waals surface area contributed by atoms with Gasteiger partial charge in [-0.1, -0.05) is 12.8 Å². The molecule has 170 valence electrons. The summed E-state index contributed by atoms with van der Waals surface area (Å²) in [4.78, 5) is 30.6. The van der Waals surface area contributed by atoms with Gasteiger partial charge in [0.15, 0.2) is 11.5 Å². The van der Waals surface area contributed by atoms with Crippen LogP contribution in [0.3, 0.4) is 0 Å². The van der Waals surface area contributed by atoms with Crippen LogP contribution in [0.2, 0.25) is 0 Å². The van der Waals surface area contributed by atoms with Crippen molar-refractivity contribution < 1.29 is 37.0 Å². The molecule has 1 heterocycles. The molecule has 2 amide bonds. The first-order valence-corrected chi connectivity index (χ1v) is 9.69. The van der Waals surface area contributed by atoms with Gasteiger partial charge in [0.25, 0.3) is 11.8 Å². The topological polar surface area (TPSA) is 89.5 Å². The van der Waals surface area contributed by atoms with E-state index in [0.29, 0.717) is 12.8 Å². The highest BCUT2D eigenvalue weighted by atomic mass is 19.4. The van der Waals surface area contributed by atoms with Crippen LogP contribution in [0, 0.1) is 0 Å². The minimum atomic E-state index is -5.14. The Morgan fingerprint density at radius 3 is 2.13 bits per heavy atom. The molecule has 0 aromatic heterocycles. The maximum absolute atomic E-state index is 14.1. The number of amides is 2. The largest absolute Gasteiger partial charge is 0.493 e. The highest BCUT2D eigenvalue weighted by molar-refractivity contribution is 6.10. The number of methoxy groups -OCH3 is 3. The molecule has 0 spiro atoms. The third-order valence-corrected chi connectivity index (χ3v) is 5.53. The van der Waals surface area contributed by atoms with Crippen LogP contribution in [0.5, 0.6) is 17.2 Å². The lowest BCUT2D eigenvalue weighted by Crippen LogP contribution is -2.64. The van der Waals surface area contributed by atoms with Gasteiger partial charge >= 0.3 is 11.8 Å². The molecule has 1 N–H and O–H groups in total. The molecule has 1 aliphatic carbocycles. The van der Waals surface area contributed by atoms with Crippen LogP contribution in [-0.2, 0) is 4.79 Å². The second-order valence-electron chi connectivity index (χ2n) is 7.35. The molecule has 1 atom stereocenters. The van der Waals surface area contributed by atoms with Gasteiger partial charge in [-0.15, -0.1) is 0 Å². The number of hydrogen-bond acceptors (Lipinski definition) is 6. The average Bonchev–Trinajstić information content (AvgIpc) is 3.32. The lowest BCUT2D eigenvalue weighted by Gasteiger charge is -2.31. The summed E-state index contributed by atoms with van der Waals surface area (Å²) in [6.45, 7) is 1.34. The van der Waals surface area contributed by atoms with Gasteiger partial charge in [0.2, 0.25) is 5.75 Å². The zero-order valence-electron chi connectivity index (χ0n) is 17.6. The Kier molecular flexibility index (Phi) is 6.06. The Hall–Kier alpha value is -2.98. The molecule has 2 aliphatic rings. The lowest BCUT2D eigenvalue weighted by molar-refractivity contribution is -0.196. The third kappa shape index (κ3) is 3.77. The van der Waals surface area contributed by atoms with E-state index >= 15 is 0 Å². The number of carbonyl (C=O) groups is 2. The van der Waals surface area contributed by atoms with E-state index < -0.39 is 23.7 Å². The van der Waals surface area contributed by atoms with Crippen LogP contribution >= 0.6 is 0 Å². The number of nitrogens with one attached hydrogen (secondary N) is 1. The molecule has 1 aromatic rings. The number of nitrogens with zero attached hydrogens (tertiary/aromatic N) is 2. The SMILES string of the molecule is COc1cc(C(=O)NC2(C(F)(F)F)N=C(C)N(C3CCCC3)C2=O)cc(OC)c1OC. The standard InChI is InChI=1S/C20H24F3N3O5/c1-11-24-19(20(21,22)23,18(28)26(11)13-7-5-6-8-13)25-17(27)12-9-14(29-2)16(31-4)15(10-12)30-3/h9-10,13H,5-8H2,1-4H3,(H,25,27). The van der Waals surface area contributed by atoms with Crippen LogP contribution in [0.4, 0.5) is 13.2 Å². The molecule has 0 radical (unpaired) electrons. The van der Waals surface area contributed by atoms with Gasteiger partial charge in [0.05, 0.1) is 21.3 Å². The summed E-state index contributed by atoms with van der Waals surface area (Å²) in [6, 6.07) is 2.04. The van der Waals surface area contributed by atoms with Gasteiger partial charge in [-0.3, -0.25) is 14.5 Å². The number of carbonyl (C=O) groups excluding carboxylic acids is 2. The summed E-state index contributed by atoms with van der Waals surface area (Å²) in [5.74, 6) is -2.19. The minimum Gasteiger partial charge on any atom is -0.493 e. The van der Waals surface area contributed by atoms with Crippen molar-refractivity contribution in [1.29, 1.82) is 0 Å². The minimum absolute atomic E-state index is 0.0700. The van der Waals surface area contributed by atoms with E-state index in [1.54, 1.807) is 0 Å². The van der Waals surface area contributed by atoms with Crippen LogP contribution in [-0.4, -0.2) is 61.8 Å². The second kappa shape index (κ2) is 8.27. The van der Waals surface area contributed by atoms with Gasteiger partial charge in [-0.05, 0) is 31.9 Å². The molecule has 8 nitrogen and oxygen atoms in total. The molecule has 3 rings (SSSR count). The first kappa shape index (κ1) is 22.7. The summed E-state index contributed by atoms with van der Waals surface area (Å²) in [7, 11) is 3.97. The lowest BCUT2D eigenvalue weighted by atomic mass is 10.1. The van der Waals surface area contributed by atoms with Crippen molar-refractivity contribution in [3.8, 4) is 17.2 Å². The second-order valence-corrected chi connectivity index (χ2v) is 7.35. The molecule has 1 aromatic carbocycles. The fraction of sp³-hybridized carbons (Fsp3) is 0.550. The van der Waals surface area contributed by atoms with E-state index in [1.807, 2.05) is 5.32 Å². The summed E-state index contributed by atoms with van der Waals surface area (Å²) >= 11 is 0. The quantitative estimate of drug-likeness (QED) is 0.730. The van der Waals surface area contributed by atoms with Crippen molar-refractivity contribution in [2.24, 2.45) is 4.99 Å². The average molecular weight is 443 g/mol. The van der Waals surface area contributed by atoms with E-state index in [4.69, 9.17) is 14.2 Å². The molecular formula is C20H24F3N3O5. The van der Waals surface area contributed by atoms with E-state index in [1.165, 1.54) is 40.4 Å². The van der Waals surface area contributed by atoms with Crippen molar-refractivity contribution >= 4 is 17.6 Å². The van der Waals surface area contributed by atoms with Crippen molar-refractivity contribution in [3.63, 3.8) is 0 Å². The van der Waals surface area contributed by atoms with Crippen molar-refractivity contribution in [2.45, 2.75) is 50.5 Å². The van der Waals surface area contributed by atoms with Gasteiger partial charge < -0.3 is 19.5 Å². The molecule has 1 saturated carbocycles. The summed E-state index contributed by atoms with van der Waals surface area (Å²) in [6.07, 6.45) is -2.33. The predicted molar refractivity (Wildman–Crippen MR) is 105 cm³/mol. The number of halogens is 3. The predicted octanol–water partition coefficient (Wildman–Crippen LogP) is 2.90. The first-order valence-electron chi connectivity index (χ1n) is 9.69. The van der Waals surface area contributed by atoms with Gasteiger partial charge in [-0.25, -0.2) is 4.99 Å². The number of benzene rings is 1. The molecule has 0 bridgehead atoms. The summed E-state index contributed by atoms with van der Waals surface area (Å²) in [5.41, 5.74) is -3.60. The Morgan fingerprint density at radius 1 is 1.13 bits per heavy atom. The first-order chi connectivity index (χ1) is 14.6. The molecule has 31 heavy (non-hydrogen) atoms. The molecular weight excluding hydrogens is 419 g/mol. The monoisotopic (exact) mass is 443 g/mol. The maximum Gasteiger partial charge on any atom is 0.442 e. The number of aliphatic imine (C=N–C) groups is 1. The van der Waals surface area contributed by atoms with Gasteiger partial charge in [0.1, 0.15) is 5.84 Å². The van der Waals surface area contributed by atoms with Crippen molar-refractivity contribution in [1.82, 2.24) is 10.2 Å². The molecule has 1 aliphatic heterocycles. The van der Waals surface area contributed by atoms with Gasteiger partial charge in [-0.2, -0.15) is 13.2 Å². The Bertz CT molecular complexity index is 887. The van der Waals surface area contributed by atoms with E-state index in [2.05, 4.69) is 4.99 Å². The highest BCUT2D eigenvalue weighted by Crippen LogP contribution is 2.41. The molecule has 1 fully saturated rings.